The largest absolute Gasteiger partial charge is 0.756 e. The molecule has 0 saturated carbocycles. The summed E-state index contributed by atoms with van der Waals surface area (Å²) < 4.78 is 33.9. The number of carbonyl (C=O) groups excluding carboxylic acids is 2. The Balaban J connectivity index is 4.30. The Labute approximate surface area is 369 Å². The molecule has 0 fully saturated rings. The van der Waals surface area contributed by atoms with Crippen molar-refractivity contribution in [3.8, 4) is 0 Å². The van der Waals surface area contributed by atoms with Gasteiger partial charge < -0.3 is 27.9 Å². The van der Waals surface area contributed by atoms with Gasteiger partial charge in [0.1, 0.15) is 19.8 Å². The first-order valence-electron chi connectivity index (χ1n) is 24.3. The van der Waals surface area contributed by atoms with Gasteiger partial charge >= 0.3 is 11.9 Å². The van der Waals surface area contributed by atoms with Crippen LogP contribution >= 0.6 is 7.82 Å². The van der Waals surface area contributed by atoms with Crippen molar-refractivity contribution < 1.29 is 42.1 Å². The van der Waals surface area contributed by atoms with E-state index in [9.17, 15) is 19.0 Å². The SMILES string of the molecule is CCCCC/C=C\C/C=C\C/C=C\CCCCC(=O)O[C@H](COC(=O)CCCCCCCCCCCCC/C=C\CCCCCCCC)COP(=O)([O-])OCC[N+](C)(C)C. The Bertz CT molecular complexity index is 1160. The molecule has 0 N–H and O–H groups in total. The third-order valence-electron chi connectivity index (χ3n) is 10.3. The van der Waals surface area contributed by atoms with Crippen LogP contribution in [0.5, 0.6) is 0 Å². The van der Waals surface area contributed by atoms with Crippen LogP contribution in [0.2, 0.25) is 0 Å². The molecule has 0 radical (unpaired) electrons. The van der Waals surface area contributed by atoms with Gasteiger partial charge in [-0.3, -0.25) is 14.2 Å². The van der Waals surface area contributed by atoms with E-state index in [1.54, 1.807) is 0 Å². The van der Waals surface area contributed by atoms with Gasteiger partial charge in [-0.15, -0.1) is 0 Å². The number of phosphoric ester groups is 1. The number of hydrogen-bond donors (Lipinski definition) is 0. The topological polar surface area (TPSA) is 111 Å². The molecule has 0 aromatic rings. The lowest BCUT2D eigenvalue weighted by atomic mass is 10.0. The predicted molar refractivity (Wildman–Crippen MR) is 250 cm³/mol. The van der Waals surface area contributed by atoms with Crippen LogP contribution in [-0.2, 0) is 32.7 Å². The van der Waals surface area contributed by atoms with E-state index >= 15 is 0 Å². The fourth-order valence-corrected chi connectivity index (χ4v) is 7.21. The average Bonchev–Trinajstić information content (AvgIpc) is 3.20. The Morgan fingerprint density at radius 3 is 1.42 bits per heavy atom. The number of nitrogens with zero attached hydrogens (tertiary/aromatic N) is 1. The van der Waals surface area contributed by atoms with Crippen molar-refractivity contribution in [1.29, 1.82) is 0 Å². The number of carbonyl (C=O) groups is 2. The molecule has 2 atom stereocenters. The first-order valence-corrected chi connectivity index (χ1v) is 25.8. The third-order valence-corrected chi connectivity index (χ3v) is 11.3. The summed E-state index contributed by atoms with van der Waals surface area (Å²) in [5, 5.41) is 0. The summed E-state index contributed by atoms with van der Waals surface area (Å²) in [6, 6.07) is 0. The second-order valence-corrected chi connectivity index (χ2v) is 18.9. The van der Waals surface area contributed by atoms with Crippen LogP contribution in [0, 0.1) is 0 Å². The van der Waals surface area contributed by atoms with E-state index in [4.69, 9.17) is 18.5 Å². The maximum Gasteiger partial charge on any atom is 0.306 e. The molecule has 0 aliphatic carbocycles. The first kappa shape index (κ1) is 58.0. The number of phosphoric acid groups is 1. The number of allylic oxidation sites excluding steroid dienone is 8. The molecule has 0 aliphatic heterocycles. The third kappa shape index (κ3) is 45.5. The molecule has 10 heteroatoms. The number of esters is 2. The molecule has 350 valence electrons. The monoisotopic (exact) mass is 866 g/mol. The average molecular weight is 866 g/mol. The number of quaternary nitrogens is 1. The number of hydrogen-bond acceptors (Lipinski definition) is 8. The quantitative estimate of drug-likeness (QED) is 0.0196. The first-order chi connectivity index (χ1) is 29.0. The number of likely N-dealkylation sites (N-methyl/N-ethyl adjacent to an activating group) is 1. The molecule has 60 heavy (non-hydrogen) atoms. The van der Waals surface area contributed by atoms with Crippen LogP contribution in [0.3, 0.4) is 0 Å². The van der Waals surface area contributed by atoms with Gasteiger partial charge in [0, 0.05) is 12.8 Å². The van der Waals surface area contributed by atoms with Crippen LogP contribution in [-0.4, -0.2) is 70.0 Å². The Morgan fingerprint density at radius 1 is 0.517 bits per heavy atom. The molecular formula is C50H92NO8P. The highest BCUT2D eigenvalue weighted by Gasteiger charge is 2.21. The molecule has 0 amide bonds. The summed E-state index contributed by atoms with van der Waals surface area (Å²) in [4.78, 5) is 37.6. The van der Waals surface area contributed by atoms with Crippen molar-refractivity contribution >= 4 is 19.8 Å². The summed E-state index contributed by atoms with van der Waals surface area (Å²) in [5.74, 6) is -0.878. The number of ether oxygens (including phenoxy) is 2. The minimum atomic E-state index is -4.64. The van der Waals surface area contributed by atoms with E-state index in [-0.39, 0.29) is 26.1 Å². The van der Waals surface area contributed by atoms with E-state index in [2.05, 4.69) is 62.5 Å². The molecular weight excluding hydrogens is 774 g/mol. The van der Waals surface area contributed by atoms with Gasteiger partial charge in [-0.2, -0.15) is 0 Å². The lowest BCUT2D eigenvalue weighted by Crippen LogP contribution is -2.37. The lowest BCUT2D eigenvalue weighted by Gasteiger charge is -2.28. The second-order valence-electron chi connectivity index (χ2n) is 17.5. The van der Waals surface area contributed by atoms with Crippen LogP contribution < -0.4 is 4.89 Å². The summed E-state index contributed by atoms with van der Waals surface area (Å²) >= 11 is 0. The van der Waals surface area contributed by atoms with Gasteiger partial charge in [0.15, 0.2) is 6.10 Å². The zero-order chi connectivity index (χ0) is 44.3. The van der Waals surface area contributed by atoms with Crippen molar-refractivity contribution in [2.75, 3.05) is 47.5 Å². The van der Waals surface area contributed by atoms with Crippen LogP contribution in [0.4, 0.5) is 0 Å². The van der Waals surface area contributed by atoms with Crippen LogP contribution in [0.25, 0.3) is 0 Å². The highest BCUT2D eigenvalue weighted by Crippen LogP contribution is 2.38. The Morgan fingerprint density at radius 2 is 0.900 bits per heavy atom. The highest BCUT2D eigenvalue weighted by molar-refractivity contribution is 7.45. The van der Waals surface area contributed by atoms with E-state index in [1.807, 2.05) is 21.1 Å². The van der Waals surface area contributed by atoms with Crippen molar-refractivity contribution in [2.24, 2.45) is 0 Å². The Hall–Kier alpha value is -2.03. The smallest absolute Gasteiger partial charge is 0.306 e. The minimum Gasteiger partial charge on any atom is -0.756 e. The lowest BCUT2D eigenvalue weighted by molar-refractivity contribution is -0.870. The van der Waals surface area contributed by atoms with Crippen molar-refractivity contribution in [1.82, 2.24) is 0 Å². The van der Waals surface area contributed by atoms with E-state index in [0.717, 1.165) is 51.4 Å². The molecule has 0 aliphatic rings. The molecule has 1 unspecified atom stereocenters. The zero-order valence-electron chi connectivity index (χ0n) is 39.4. The molecule has 9 nitrogen and oxygen atoms in total. The predicted octanol–water partition coefficient (Wildman–Crippen LogP) is 13.6. The molecule has 0 heterocycles. The van der Waals surface area contributed by atoms with E-state index in [1.165, 1.54) is 122 Å². The van der Waals surface area contributed by atoms with Crippen LogP contribution in [0.15, 0.2) is 48.6 Å². The highest BCUT2D eigenvalue weighted by atomic mass is 31.2. The van der Waals surface area contributed by atoms with Crippen molar-refractivity contribution in [3.63, 3.8) is 0 Å². The number of rotatable bonds is 44. The van der Waals surface area contributed by atoms with Gasteiger partial charge in [-0.1, -0.05) is 165 Å². The van der Waals surface area contributed by atoms with E-state index in [0.29, 0.717) is 17.4 Å². The maximum atomic E-state index is 12.7. The van der Waals surface area contributed by atoms with Crippen molar-refractivity contribution in [2.45, 2.75) is 213 Å². The summed E-state index contributed by atoms with van der Waals surface area (Å²) in [6.07, 6.45) is 50.0. The van der Waals surface area contributed by atoms with Gasteiger partial charge in [-0.05, 0) is 77.0 Å². The van der Waals surface area contributed by atoms with Gasteiger partial charge in [0.05, 0.1) is 27.7 Å². The fourth-order valence-electron chi connectivity index (χ4n) is 6.48. The Kier molecular flexibility index (Phi) is 40.8. The second kappa shape index (κ2) is 42.3. The summed E-state index contributed by atoms with van der Waals surface area (Å²) in [7, 11) is 1.14. The number of unbranched alkanes of at least 4 members (excludes halogenated alkanes) is 22. The van der Waals surface area contributed by atoms with Gasteiger partial charge in [-0.25, -0.2) is 0 Å². The van der Waals surface area contributed by atoms with Crippen LogP contribution in [0.1, 0.15) is 206 Å². The zero-order valence-corrected chi connectivity index (χ0v) is 40.3. The van der Waals surface area contributed by atoms with Gasteiger partial charge in [0.25, 0.3) is 7.82 Å². The fraction of sp³-hybridized carbons (Fsp3) is 0.800. The minimum absolute atomic E-state index is 0.0390. The molecule has 0 bridgehead atoms. The maximum absolute atomic E-state index is 12.7. The normalized spacial score (nSPS) is 13.9. The molecule has 0 spiro atoms. The summed E-state index contributed by atoms with van der Waals surface area (Å²) in [5.41, 5.74) is 0. The standard InChI is InChI=1S/C50H92NO8P/c1-6-8-10-12-14-16-18-20-22-23-24-25-26-27-29-30-32-34-36-38-40-42-49(52)56-46-48(47-58-60(54,55)57-45-44-51(3,4)5)59-50(53)43-41-39-37-35-33-31-28-21-19-17-15-13-11-9-7-2/h15,17,20-22,28,33,35,48H,6-14,16,18-19,23-27,29-32,34,36-47H2,1-5H3/b17-15-,22-20-,28-21-,35-33-/t48-/m1/s1. The van der Waals surface area contributed by atoms with E-state index < -0.39 is 32.5 Å². The molecule has 0 saturated heterocycles. The van der Waals surface area contributed by atoms with Gasteiger partial charge in [0.2, 0.25) is 0 Å². The molecule has 0 aromatic carbocycles. The molecule has 0 rings (SSSR count). The summed E-state index contributed by atoms with van der Waals surface area (Å²) in [6.45, 7) is 4.16. The molecule has 0 aromatic heterocycles. The van der Waals surface area contributed by atoms with Crippen molar-refractivity contribution in [3.05, 3.63) is 48.6 Å².